The van der Waals surface area contributed by atoms with Gasteiger partial charge in [0.1, 0.15) is 0 Å². The van der Waals surface area contributed by atoms with Gasteiger partial charge in [0.2, 0.25) is 0 Å². The highest BCUT2D eigenvalue weighted by atomic mass is 16.3. The first-order chi connectivity index (χ1) is 11.3. The first-order valence-corrected chi connectivity index (χ1v) is 10.1. The van der Waals surface area contributed by atoms with Gasteiger partial charge in [-0.25, -0.2) is 0 Å². The monoisotopic (exact) mass is 333 g/mol. The fourth-order valence-corrected chi connectivity index (χ4v) is 7.61. The summed E-state index contributed by atoms with van der Waals surface area (Å²) in [5, 5.41) is 22.1. The molecule has 9 atom stereocenters. The molecule has 4 fully saturated rings. The zero-order valence-electron chi connectivity index (χ0n) is 15.5. The van der Waals surface area contributed by atoms with Crippen LogP contribution in [-0.4, -0.2) is 28.5 Å². The van der Waals surface area contributed by atoms with E-state index in [1.54, 1.807) is 5.57 Å². The Balaban J connectivity index is 1.73. The molecule has 4 unspecified atom stereocenters. The third kappa shape index (κ3) is 2.07. The summed E-state index contributed by atoms with van der Waals surface area (Å²) in [6, 6.07) is 0.191. The van der Waals surface area contributed by atoms with Gasteiger partial charge in [-0.2, -0.15) is 0 Å². The maximum atomic E-state index is 11.1. The number of allylic oxidation sites excluding steroid dienone is 2. The summed E-state index contributed by atoms with van der Waals surface area (Å²) in [4.78, 5) is 0. The van der Waals surface area contributed by atoms with Crippen LogP contribution in [-0.2, 0) is 0 Å². The standard InChI is InChI=1S/C21H35NO2/c1-4-12-5-6-14-17-15(8-10-20(12,14)2)21(3)9-7-13(22)11-16(21)18(23)19(17)24/h4,13-19,23-24H,5-11,22H2,1-3H3/t13-,14?,15?,16?,17?,18-,19-,20-,21-/m1/s1. The van der Waals surface area contributed by atoms with Gasteiger partial charge in [0.15, 0.2) is 0 Å². The van der Waals surface area contributed by atoms with E-state index in [4.69, 9.17) is 5.73 Å². The number of aliphatic hydroxyl groups is 2. The van der Waals surface area contributed by atoms with Crippen LogP contribution in [0.1, 0.15) is 65.7 Å². The van der Waals surface area contributed by atoms with Crippen LogP contribution >= 0.6 is 0 Å². The molecule has 0 heterocycles. The van der Waals surface area contributed by atoms with Gasteiger partial charge in [0.05, 0.1) is 12.2 Å². The molecule has 4 aliphatic rings. The molecule has 4 aliphatic carbocycles. The van der Waals surface area contributed by atoms with E-state index in [0.717, 1.165) is 19.3 Å². The van der Waals surface area contributed by atoms with E-state index in [2.05, 4.69) is 26.8 Å². The molecule has 136 valence electrons. The molecule has 0 radical (unpaired) electrons. The number of rotatable bonds is 0. The molecule has 4 rings (SSSR count). The van der Waals surface area contributed by atoms with Crippen molar-refractivity contribution in [2.75, 3.05) is 0 Å². The highest BCUT2D eigenvalue weighted by Gasteiger charge is 2.63. The average molecular weight is 334 g/mol. The summed E-state index contributed by atoms with van der Waals surface area (Å²) < 4.78 is 0. The smallest absolute Gasteiger partial charge is 0.0836 e. The molecule has 0 bridgehead atoms. The van der Waals surface area contributed by atoms with Crippen LogP contribution in [0.5, 0.6) is 0 Å². The average Bonchev–Trinajstić information content (AvgIpc) is 2.90. The second kappa shape index (κ2) is 5.56. The second-order valence-corrected chi connectivity index (χ2v) is 9.73. The van der Waals surface area contributed by atoms with E-state index in [0.29, 0.717) is 11.8 Å². The number of aliphatic hydroxyl groups excluding tert-OH is 2. The Morgan fingerprint density at radius 3 is 2.46 bits per heavy atom. The Labute approximate surface area is 146 Å². The second-order valence-electron chi connectivity index (χ2n) is 9.73. The van der Waals surface area contributed by atoms with Crippen LogP contribution in [0, 0.1) is 34.5 Å². The van der Waals surface area contributed by atoms with Gasteiger partial charge in [-0.05, 0) is 86.4 Å². The van der Waals surface area contributed by atoms with Crippen molar-refractivity contribution in [3.63, 3.8) is 0 Å². The highest BCUT2D eigenvalue weighted by molar-refractivity contribution is 5.25. The molecule has 0 aromatic rings. The highest BCUT2D eigenvalue weighted by Crippen LogP contribution is 2.67. The number of hydrogen-bond acceptors (Lipinski definition) is 3. The van der Waals surface area contributed by atoms with Crippen molar-refractivity contribution in [2.45, 2.75) is 84.0 Å². The van der Waals surface area contributed by atoms with E-state index >= 15 is 0 Å². The van der Waals surface area contributed by atoms with Crippen LogP contribution in [0.4, 0.5) is 0 Å². The first-order valence-electron chi connectivity index (χ1n) is 10.1. The maximum absolute atomic E-state index is 11.1. The van der Waals surface area contributed by atoms with Gasteiger partial charge in [-0.1, -0.05) is 25.5 Å². The van der Waals surface area contributed by atoms with Crippen molar-refractivity contribution in [1.29, 1.82) is 0 Å². The molecule has 0 saturated heterocycles. The lowest BCUT2D eigenvalue weighted by Crippen LogP contribution is -2.64. The Kier molecular flexibility index (Phi) is 3.95. The molecule has 3 nitrogen and oxygen atoms in total. The third-order valence-corrected chi connectivity index (χ3v) is 8.99. The minimum atomic E-state index is -0.598. The van der Waals surface area contributed by atoms with Crippen molar-refractivity contribution in [3.05, 3.63) is 11.6 Å². The Hall–Kier alpha value is -0.380. The van der Waals surface area contributed by atoms with Crippen molar-refractivity contribution in [2.24, 2.45) is 40.2 Å². The molecule has 0 amide bonds. The quantitative estimate of drug-likeness (QED) is 0.596. The topological polar surface area (TPSA) is 66.5 Å². The summed E-state index contributed by atoms with van der Waals surface area (Å²) >= 11 is 0. The van der Waals surface area contributed by atoms with Gasteiger partial charge >= 0.3 is 0 Å². The molecule has 3 heteroatoms. The first kappa shape index (κ1) is 17.1. The van der Waals surface area contributed by atoms with Crippen molar-refractivity contribution >= 4 is 0 Å². The zero-order chi connectivity index (χ0) is 17.3. The fraction of sp³-hybridized carbons (Fsp3) is 0.905. The van der Waals surface area contributed by atoms with E-state index in [1.807, 2.05) is 0 Å². The molecular formula is C21H35NO2. The Morgan fingerprint density at radius 2 is 1.75 bits per heavy atom. The summed E-state index contributed by atoms with van der Waals surface area (Å²) in [6.45, 7) is 6.98. The predicted molar refractivity (Wildman–Crippen MR) is 96.2 cm³/mol. The van der Waals surface area contributed by atoms with E-state index in [-0.39, 0.29) is 28.7 Å². The lowest BCUT2D eigenvalue weighted by atomic mass is 9.43. The molecular weight excluding hydrogens is 298 g/mol. The summed E-state index contributed by atoms with van der Waals surface area (Å²) in [5.74, 6) is 1.50. The van der Waals surface area contributed by atoms with Crippen molar-refractivity contribution < 1.29 is 10.2 Å². The van der Waals surface area contributed by atoms with E-state index in [1.165, 1.54) is 25.7 Å². The molecule has 24 heavy (non-hydrogen) atoms. The van der Waals surface area contributed by atoms with Crippen LogP contribution in [0.15, 0.2) is 11.6 Å². The number of fused-ring (bicyclic) bond motifs is 5. The van der Waals surface area contributed by atoms with Crippen molar-refractivity contribution in [3.8, 4) is 0 Å². The fourth-order valence-electron chi connectivity index (χ4n) is 7.61. The normalized spacial score (nSPS) is 58.9. The summed E-state index contributed by atoms with van der Waals surface area (Å²) in [5.41, 5.74) is 8.20. The van der Waals surface area contributed by atoms with Crippen LogP contribution < -0.4 is 5.73 Å². The molecule has 4 saturated carbocycles. The van der Waals surface area contributed by atoms with Crippen molar-refractivity contribution in [1.82, 2.24) is 0 Å². The molecule has 0 aromatic carbocycles. The zero-order valence-corrected chi connectivity index (χ0v) is 15.5. The number of hydrogen-bond donors (Lipinski definition) is 3. The van der Waals surface area contributed by atoms with Gasteiger partial charge in [-0.15, -0.1) is 0 Å². The van der Waals surface area contributed by atoms with Crippen LogP contribution in [0.3, 0.4) is 0 Å². The minimum absolute atomic E-state index is 0.152. The van der Waals surface area contributed by atoms with Gasteiger partial charge in [0, 0.05) is 6.04 Å². The minimum Gasteiger partial charge on any atom is -0.390 e. The van der Waals surface area contributed by atoms with Crippen LogP contribution in [0.2, 0.25) is 0 Å². The largest absolute Gasteiger partial charge is 0.390 e. The lowest BCUT2D eigenvalue weighted by Gasteiger charge is -2.63. The summed E-state index contributed by atoms with van der Waals surface area (Å²) in [7, 11) is 0. The van der Waals surface area contributed by atoms with E-state index in [9.17, 15) is 10.2 Å². The molecule has 0 aromatic heterocycles. The third-order valence-electron chi connectivity index (χ3n) is 8.99. The summed E-state index contributed by atoms with van der Waals surface area (Å²) in [6.07, 6.45) is 9.01. The van der Waals surface area contributed by atoms with Crippen LogP contribution in [0.25, 0.3) is 0 Å². The Morgan fingerprint density at radius 1 is 1.00 bits per heavy atom. The molecule has 4 N–H and O–H groups in total. The lowest BCUT2D eigenvalue weighted by molar-refractivity contribution is -0.210. The van der Waals surface area contributed by atoms with Gasteiger partial charge < -0.3 is 15.9 Å². The molecule has 0 spiro atoms. The van der Waals surface area contributed by atoms with E-state index < -0.39 is 12.2 Å². The molecule has 0 aliphatic heterocycles. The maximum Gasteiger partial charge on any atom is 0.0836 e. The van der Waals surface area contributed by atoms with Gasteiger partial charge in [-0.3, -0.25) is 0 Å². The SMILES string of the molecule is CC=C1CCC2C3C(CC[C@]12C)[C@@]1(C)CC[C@@H](N)CC1[C@@H](O)[C@@H]3O. The predicted octanol–water partition coefficient (Wildman–Crippen LogP) is 3.24. The number of nitrogens with two attached hydrogens (primary N) is 1. The van der Waals surface area contributed by atoms with Gasteiger partial charge in [0.25, 0.3) is 0 Å². The Bertz CT molecular complexity index is 546.